The SMILES string of the molecule is COC1(c2noc(CC(C)C#N)n2)CCCC(C)C1. The third-order valence-corrected chi connectivity index (χ3v) is 3.92. The van der Waals surface area contributed by atoms with Crippen molar-refractivity contribution in [3.63, 3.8) is 0 Å². The lowest BCUT2D eigenvalue weighted by Gasteiger charge is -2.36. The molecule has 104 valence electrons. The molecule has 1 aromatic rings. The highest BCUT2D eigenvalue weighted by Gasteiger charge is 2.40. The number of aromatic nitrogens is 2. The van der Waals surface area contributed by atoms with E-state index in [4.69, 9.17) is 14.5 Å². The van der Waals surface area contributed by atoms with Crippen LogP contribution in [0.25, 0.3) is 0 Å². The van der Waals surface area contributed by atoms with Gasteiger partial charge >= 0.3 is 0 Å². The number of rotatable bonds is 4. The lowest BCUT2D eigenvalue weighted by Crippen LogP contribution is -2.35. The average molecular weight is 263 g/mol. The van der Waals surface area contributed by atoms with Gasteiger partial charge in [0.1, 0.15) is 5.60 Å². The van der Waals surface area contributed by atoms with Crippen molar-refractivity contribution in [3.8, 4) is 6.07 Å². The second-order valence-electron chi connectivity index (χ2n) is 5.65. The molecule has 3 atom stereocenters. The number of nitriles is 1. The van der Waals surface area contributed by atoms with Crippen LogP contribution in [-0.2, 0) is 16.8 Å². The Hall–Kier alpha value is -1.41. The van der Waals surface area contributed by atoms with E-state index in [1.54, 1.807) is 7.11 Å². The molecule has 0 bridgehead atoms. The van der Waals surface area contributed by atoms with Crippen molar-refractivity contribution in [2.24, 2.45) is 11.8 Å². The fourth-order valence-corrected chi connectivity index (χ4v) is 2.81. The second kappa shape index (κ2) is 5.70. The van der Waals surface area contributed by atoms with Gasteiger partial charge in [-0.15, -0.1) is 0 Å². The van der Waals surface area contributed by atoms with Crippen LogP contribution in [0.1, 0.15) is 51.2 Å². The van der Waals surface area contributed by atoms with Gasteiger partial charge in [0.2, 0.25) is 11.7 Å². The van der Waals surface area contributed by atoms with Crippen LogP contribution in [0.2, 0.25) is 0 Å². The van der Waals surface area contributed by atoms with Crippen LogP contribution in [0, 0.1) is 23.2 Å². The highest BCUT2D eigenvalue weighted by Crippen LogP contribution is 2.41. The minimum Gasteiger partial charge on any atom is -0.370 e. The maximum absolute atomic E-state index is 8.82. The molecule has 0 aromatic carbocycles. The minimum absolute atomic E-state index is 0.114. The minimum atomic E-state index is -0.407. The van der Waals surface area contributed by atoms with Crippen LogP contribution in [0.4, 0.5) is 0 Å². The summed E-state index contributed by atoms with van der Waals surface area (Å²) in [5, 5.41) is 12.9. The fraction of sp³-hybridized carbons (Fsp3) is 0.786. The molecule has 5 nitrogen and oxygen atoms in total. The molecule has 1 aliphatic carbocycles. The third-order valence-electron chi connectivity index (χ3n) is 3.92. The number of ether oxygens (including phenoxy) is 1. The molecule has 0 spiro atoms. The van der Waals surface area contributed by atoms with Crippen molar-refractivity contribution < 1.29 is 9.26 Å². The molecule has 3 unspecified atom stereocenters. The standard InChI is InChI=1S/C14H21N3O2/c1-10-5-4-6-14(8-10,18-3)13-16-12(19-17-13)7-11(2)9-15/h10-11H,4-8H2,1-3H3. The topological polar surface area (TPSA) is 71.9 Å². The second-order valence-corrected chi connectivity index (χ2v) is 5.65. The molecule has 2 rings (SSSR count). The summed E-state index contributed by atoms with van der Waals surface area (Å²) in [5.74, 6) is 1.66. The van der Waals surface area contributed by atoms with Crippen LogP contribution in [0.5, 0.6) is 0 Å². The monoisotopic (exact) mass is 263 g/mol. The zero-order valence-electron chi connectivity index (χ0n) is 11.8. The van der Waals surface area contributed by atoms with Crippen molar-refractivity contribution in [1.82, 2.24) is 10.1 Å². The molecule has 0 N–H and O–H groups in total. The maximum Gasteiger partial charge on any atom is 0.228 e. The Morgan fingerprint density at radius 2 is 2.42 bits per heavy atom. The average Bonchev–Trinajstić information content (AvgIpc) is 2.87. The Balaban J connectivity index is 2.17. The molecule has 0 saturated heterocycles. The molecule has 0 amide bonds. The van der Waals surface area contributed by atoms with Crippen molar-refractivity contribution in [2.75, 3.05) is 7.11 Å². The molecule has 1 fully saturated rings. The van der Waals surface area contributed by atoms with Crippen LogP contribution in [0.15, 0.2) is 4.52 Å². The van der Waals surface area contributed by atoms with E-state index < -0.39 is 5.60 Å². The van der Waals surface area contributed by atoms with Crippen molar-refractivity contribution in [1.29, 1.82) is 5.26 Å². The van der Waals surface area contributed by atoms with Gasteiger partial charge < -0.3 is 9.26 Å². The van der Waals surface area contributed by atoms with E-state index in [2.05, 4.69) is 23.1 Å². The first-order valence-electron chi connectivity index (χ1n) is 6.87. The highest BCUT2D eigenvalue weighted by atomic mass is 16.5. The molecule has 19 heavy (non-hydrogen) atoms. The number of hydrogen-bond acceptors (Lipinski definition) is 5. The first-order valence-corrected chi connectivity index (χ1v) is 6.87. The molecular weight excluding hydrogens is 242 g/mol. The van der Waals surface area contributed by atoms with Crippen LogP contribution >= 0.6 is 0 Å². The van der Waals surface area contributed by atoms with Crippen molar-refractivity contribution >= 4 is 0 Å². The predicted molar refractivity (Wildman–Crippen MR) is 69.1 cm³/mol. The Morgan fingerprint density at radius 1 is 1.63 bits per heavy atom. The van der Waals surface area contributed by atoms with Crippen LogP contribution in [0.3, 0.4) is 0 Å². The molecule has 1 heterocycles. The zero-order valence-corrected chi connectivity index (χ0v) is 11.8. The number of methoxy groups -OCH3 is 1. The normalized spacial score (nSPS) is 28.8. The van der Waals surface area contributed by atoms with E-state index in [1.807, 2.05) is 6.92 Å². The molecule has 0 aliphatic heterocycles. The van der Waals surface area contributed by atoms with Crippen molar-refractivity contribution in [2.45, 2.75) is 51.6 Å². The van der Waals surface area contributed by atoms with Crippen LogP contribution in [-0.4, -0.2) is 17.3 Å². The summed E-state index contributed by atoms with van der Waals surface area (Å²) in [6.07, 6.45) is 4.70. The lowest BCUT2D eigenvalue weighted by molar-refractivity contribution is -0.0658. The third kappa shape index (κ3) is 2.95. The van der Waals surface area contributed by atoms with Gasteiger partial charge in [0, 0.05) is 13.5 Å². The molecular formula is C14H21N3O2. The van der Waals surface area contributed by atoms with Crippen molar-refractivity contribution in [3.05, 3.63) is 11.7 Å². The van der Waals surface area contributed by atoms with Gasteiger partial charge in [-0.25, -0.2) is 0 Å². The summed E-state index contributed by atoms with van der Waals surface area (Å²) in [6.45, 7) is 4.07. The van der Waals surface area contributed by atoms with E-state index >= 15 is 0 Å². The molecule has 5 heteroatoms. The van der Waals surface area contributed by atoms with Gasteiger partial charge in [0.15, 0.2) is 0 Å². The smallest absolute Gasteiger partial charge is 0.228 e. The summed E-state index contributed by atoms with van der Waals surface area (Å²) < 4.78 is 11.0. The largest absolute Gasteiger partial charge is 0.370 e. The Labute approximate surface area is 113 Å². The van der Waals surface area contributed by atoms with Crippen LogP contribution < -0.4 is 0 Å². The van der Waals surface area contributed by atoms with E-state index in [0.29, 0.717) is 24.1 Å². The first-order chi connectivity index (χ1) is 9.09. The number of hydrogen-bond donors (Lipinski definition) is 0. The fourth-order valence-electron chi connectivity index (χ4n) is 2.81. The van der Waals surface area contributed by atoms with Gasteiger partial charge in [0.25, 0.3) is 0 Å². The zero-order chi connectivity index (χ0) is 13.9. The van der Waals surface area contributed by atoms with Gasteiger partial charge in [-0.2, -0.15) is 10.2 Å². The van der Waals surface area contributed by atoms with E-state index in [9.17, 15) is 0 Å². The summed E-state index contributed by atoms with van der Waals surface area (Å²) in [7, 11) is 1.71. The van der Waals surface area contributed by atoms with Gasteiger partial charge in [-0.05, 0) is 32.1 Å². The first kappa shape index (κ1) is 14.0. The van der Waals surface area contributed by atoms with Gasteiger partial charge in [-0.1, -0.05) is 18.5 Å². The van der Waals surface area contributed by atoms with E-state index in [1.165, 1.54) is 6.42 Å². The molecule has 1 aromatic heterocycles. The highest BCUT2D eigenvalue weighted by molar-refractivity contribution is 5.05. The quantitative estimate of drug-likeness (QED) is 0.835. The summed E-state index contributed by atoms with van der Waals surface area (Å²) >= 11 is 0. The summed E-state index contributed by atoms with van der Waals surface area (Å²) in [6, 6.07) is 2.17. The Bertz CT molecular complexity index is 466. The molecule has 1 aliphatic rings. The van der Waals surface area contributed by atoms with Gasteiger partial charge in [0.05, 0.1) is 12.0 Å². The van der Waals surface area contributed by atoms with Gasteiger partial charge in [-0.3, -0.25) is 0 Å². The predicted octanol–water partition coefficient (Wildman–Crippen LogP) is 2.82. The van der Waals surface area contributed by atoms with E-state index in [-0.39, 0.29) is 5.92 Å². The Morgan fingerprint density at radius 3 is 3.05 bits per heavy atom. The lowest BCUT2D eigenvalue weighted by atomic mass is 9.78. The maximum atomic E-state index is 8.82. The molecule has 1 saturated carbocycles. The summed E-state index contributed by atoms with van der Waals surface area (Å²) in [5.41, 5.74) is -0.407. The van der Waals surface area contributed by atoms with E-state index in [0.717, 1.165) is 19.3 Å². The number of nitrogens with zero attached hydrogens (tertiary/aromatic N) is 3. The molecule has 0 radical (unpaired) electrons. The summed E-state index contributed by atoms with van der Waals surface area (Å²) in [4.78, 5) is 4.45. The Kier molecular flexibility index (Phi) is 4.20.